The van der Waals surface area contributed by atoms with Crippen LogP contribution < -0.4 is 10.6 Å². The topological polar surface area (TPSA) is 130 Å². The Balaban J connectivity index is 1.31. The van der Waals surface area contributed by atoms with Crippen LogP contribution in [0, 0.1) is 0 Å². The van der Waals surface area contributed by atoms with Gasteiger partial charge in [-0.05, 0) is 66.4 Å². The van der Waals surface area contributed by atoms with E-state index < -0.39 is 24.4 Å². The zero-order valence-corrected chi connectivity index (χ0v) is 28.8. The molecular formula is C40H47N3O7. The van der Waals surface area contributed by atoms with Gasteiger partial charge in [-0.25, -0.2) is 4.79 Å². The van der Waals surface area contributed by atoms with Crippen LogP contribution in [0.3, 0.4) is 0 Å². The third kappa shape index (κ3) is 9.99. The number of carbonyl (C=O) groups excluding carboxylic acids is 2. The maximum Gasteiger partial charge on any atom is 0.325 e. The number of urea groups is 1. The van der Waals surface area contributed by atoms with E-state index in [1.54, 1.807) is 6.92 Å². The standard InChI is InChI=1S/C40H47N3O7/c1-4-48-37(45)24-42-40(47)41-23-29-10-8-13-32(20-29)33-14-9-15-34(21-33)39-49-35(22-36(50-39)30-18-16-28(26-44)17-19-30)25-43(3)27(2)38(46)31-11-6-5-7-12-31/h5-21,27,35-36,38-39,44,46H,4,22-26H2,1-3H3,(H2,41,42,47)/t27-,35-,36+,38-,39+/m1/s1. The van der Waals surface area contributed by atoms with Crippen LogP contribution in [-0.2, 0) is 32.2 Å². The Morgan fingerprint density at radius 3 is 2.32 bits per heavy atom. The fraction of sp³-hybridized carbons (Fsp3) is 0.350. The van der Waals surface area contributed by atoms with E-state index in [2.05, 4.69) is 21.6 Å². The third-order valence-electron chi connectivity index (χ3n) is 8.97. The van der Waals surface area contributed by atoms with E-state index in [0.717, 1.165) is 38.9 Å². The average molecular weight is 682 g/mol. The zero-order chi connectivity index (χ0) is 35.5. The Morgan fingerprint density at radius 1 is 0.880 bits per heavy atom. The largest absolute Gasteiger partial charge is 0.465 e. The predicted octanol–water partition coefficient (Wildman–Crippen LogP) is 5.81. The normalized spacial score (nSPS) is 18.6. The minimum Gasteiger partial charge on any atom is -0.465 e. The summed E-state index contributed by atoms with van der Waals surface area (Å²) in [5, 5.41) is 26.0. The second kappa shape index (κ2) is 17.9. The van der Waals surface area contributed by atoms with Gasteiger partial charge in [-0.2, -0.15) is 0 Å². The number of esters is 1. The summed E-state index contributed by atoms with van der Waals surface area (Å²) in [6.07, 6.45) is -1.12. The number of nitrogens with one attached hydrogen (secondary N) is 2. The molecule has 1 fully saturated rings. The summed E-state index contributed by atoms with van der Waals surface area (Å²) in [5.74, 6) is -0.490. The van der Waals surface area contributed by atoms with Crippen LogP contribution in [0.2, 0.25) is 0 Å². The first-order valence-corrected chi connectivity index (χ1v) is 17.0. The van der Waals surface area contributed by atoms with Gasteiger partial charge < -0.3 is 35.1 Å². The maximum absolute atomic E-state index is 12.2. The van der Waals surface area contributed by atoms with Crippen LogP contribution in [-0.4, -0.2) is 66.0 Å². The lowest BCUT2D eigenvalue weighted by Crippen LogP contribution is -2.43. The summed E-state index contributed by atoms with van der Waals surface area (Å²) >= 11 is 0. The number of amides is 2. The van der Waals surface area contributed by atoms with Crippen molar-refractivity contribution in [3.63, 3.8) is 0 Å². The molecular weight excluding hydrogens is 634 g/mol. The molecule has 10 heteroatoms. The number of likely N-dealkylation sites (N-methyl/N-ethyl adjacent to an activating group) is 1. The first kappa shape index (κ1) is 36.7. The Morgan fingerprint density at radius 2 is 1.60 bits per heavy atom. The molecule has 0 bridgehead atoms. The molecule has 0 unspecified atom stereocenters. The molecule has 5 atom stereocenters. The van der Waals surface area contributed by atoms with Crippen molar-refractivity contribution in [3.05, 3.63) is 131 Å². The van der Waals surface area contributed by atoms with Crippen LogP contribution in [0.15, 0.2) is 103 Å². The van der Waals surface area contributed by atoms with E-state index in [0.29, 0.717) is 13.0 Å². The highest BCUT2D eigenvalue weighted by Crippen LogP contribution is 2.39. The number of hydrogen-bond donors (Lipinski definition) is 4. The number of hydrogen-bond acceptors (Lipinski definition) is 8. The molecule has 1 heterocycles. The third-order valence-corrected chi connectivity index (χ3v) is 8.97. The lowest BCUT2D eigenvalue weighted by atomic mass is 9.97. The van der Waals surface area contributed by atoms with Gasteiger partial charge in [-0.15, -0.1) is 0 Å². The van der Waals surface area contributed by atoms with Gasteiger partial charge in [0.05, 0.1) is 31.5 Å². The SMILES string of the molecule is CCOC(=O)CNC(=O)NCc1cccc(-c2cccc([C@H]3O[C@@H](CN(C)[C@H](C)[C@@H](O)c4ccccc4)C[C@@H](c4ccc(CO)cc4)O3)c2)c1. The highest BCUT2D eigenvalue weighted by molar-refractivity contribution is 5.80. The molecule has 4 N–H and O–H groups in total. The zero-order valence-electron chi connectivity index (χ0n) is 28.8. The second-order valence-electron chi connectivity index (χ2n) is 12.6. The van der Waals surface area contributed by atoms with Crippen molar-refractivity contribution in [1.29, 1.82) is 0 Å². The summed E-state index contributed by atoms with van der Waals surface area (Å²) in [7, 11) is 2.00. The van der Waals surface area contributed by atoms with Gasteiger partial charge >= 0.3 is 12.0 Å². The first-order chi connectivity index (χ1) is 24.2. The highest BCUT2D eigenvalue weighted by Gasteiger charge is 2.34. The van der Waals surface area contributed by atoms with Crippen molar-refractivity contribution in [2.75, 3.05) is 26.7 Å². The Labute approximate surface area is 294 Å². The van der Waals surface area contributed by atoms with Crippen molar-refractivity contribution < 1.29 is 34.0 Å². The van der Waals surface area contributed by atoms with Gasteiger partial charge in [0.2, 0.25) is 0 Å². The van der Waals surface area contributed by atoms with Gasteiger partial charge in [-0.3, -0.25) is 9.69 Å². The molecule has 50 heavy (non-hydrogen) atoms. The van der Waals surface area contributed by atoms with Gasteiger partial charge in [0.1, 0.15) is 6.54 Å². The Bertz CT molecular complexity index is 1680. The van der Waals surface area contributed by atoms with E-state index in [4.69, 9.17) is 14.2 Å². The molecule has 10 nitrogen and oxygen atoms in total. The molecule has 1 saturated heterocycles. The number of benzene rings is 4. The number of aliphatic hydroxyl groups is 2. The minimum absolute atomic E-state index is 0.0284. The Hall–Kier alpha value is -4.58. The molecule has 0 aromatic heterocycles. The summed E-state index contributed by atoms with van der Waals surface area (Å²) in [6.45, 7) is 4.62. The molecule has 1 aliphatic rings. The molecule has 4 aromatic carbocycles. The number of carbonyl (C=O) groups is 2. The quantitative estimate of drug-likeness (QED) is 0.123. The minimum atomic E-state index is -0.653. The Kier molecular flexibility index (Phi) is 13.1. The van der Waals surface area contributed by atoms with Crippen LogP contribution in [0.5, 0.6) is 0 Å². The average Bonchev–Trinajstić information content (AvgIpc) is 3.16. The molecule has 0 radical (unpaired) electrons. The fourth-order valence-corrected chi connectivity index (χ4v) is 6.03. The maximum atomic E-state index is 12.2. The predicted molar refractivity (Wildman–Crippen MR) is 191 cm³/mol. The molecule has 0 saturated carbocycles. The second-order valence-corrected chi connectivity index (χ2v) is 12.6. The summed E-state index contributed by atoms with van der Waals surface area (Å²) in [4.78, 5) is 25.9. The van der Waals surface area contributed by atoms with Crippen molar-refractivity contribution >= 4 is 12.0 Å². The van der Waals surface area contributed by atoms with Crippen LogP contribution >= 0.6 is 0 Å². The number of rotatable bonds is 14. The number of nitrogens with zero attached hydrogens (tertiary/aromatic N) is 1. The highest BCUT2D eigenvalue weighted by atomic mass is 16.7. The van der Waals surface area contributed by atoms with Crippen LogP contribution in [0.4, 0.5) is 4.79 Å². The monoisotopic (exact) mass is 681 g/mol. The van der Waals surface area contributed by atoms with Crippen LogP contribution in [0.25, 0.3) is 11.1 Å². The lowest BCUT2D eigenvalue weighted by molar-refractivity contribution is -0.253. The number of aliphatic hydroxyl groups excluding tert-OH is 2. The molecule has 0 aliphatic carbocycles. The fourth-order valence-electron chi connectivity index (χ4n) is 6.03. The van der Waals surface area contributed by atoms with Crippen molar-refractivity contribution in [2.45, 2.75) is 64.1 Å². The van der Waals surface area contributed by atoms with Crippen molar-refractivity contribution in [1.82, 2.24) is 15.5 Å². The molecule has 5 rings (SSSR count). The van der Waals surface area contributed by atoms with E-state index in [1.807, 2.05) is 111 Å². The van der Waals surface area contributed by atoms with Crippen molar-refractivity contribution in [3.8, 4) is 11.1 Å². The van der Waals surface area contributed by atoms with E-state index in [1.165, 1.54) is 0 Å². The van der Waals surface area contributed by atoms with Gasteiger partial charge in [0.25, 0.3) is 0 Å². The van der Waals surface area contributed by atoms with E-state index >= 15 is 0 Å². The van der Waals surface area contributed by atoms with Gasteiger partial charge in [-0.1, -0.05) is 91.0 Å². The first-order valence-electron chi connectivity index (χ1n) is 17.0. The van der Waals surface area contributed by atoms with Gasteiger partial charge in [0, 0.05) is 31.1 Å². The van der Waals surface area contributed by atoms with Crippen LogP contribution in [0.1, 0.15) is 66.6 Å². The molecule has 264 valence electrons. The van der Waals surface area contributed by atoms with Crippen molar-refractivity contribution in [2.24, 2.45) is 0 Å². The summed E-state index contributed by atoms with van der Waals surface area (Å²) in [6, 6.07) is 32.8. The lowest BCUT2D eigenvalue weighted by Gasteiger charge is -2.39. The van der Waals surface area contributed by atoms with E-state index in [9.17, 15) is 19.8 Å². The molecule has 1 aliphatic heterocycles. The summed E-state index contributed by atoms with van der Waals surface area (Å²) < 4.78 is 18.1. The summed E-state index contributed by atoms with van der Waals surface area (Å²) in [5.41, 5.74) is 6.39. The molecule has 4 aromatic rings. The number of ether oxygens (including phenoxy) is 3. The molecule has 2 amide bonds. The van der Waals surface area contributed by atoms with E-state index in [-0.39, 0.29) is 44.6 Å². The smallest absolute Gasteiger partial charge is 0.325 e. The molecule has 0 spiro atoms. The van der Waals surface area contributed by atoms with Gasteiger partial charge in [0.15, 0.2) is 6.29 Å².